The average molecular weight is 431 g/mol. The van der Waals surface area contributed by atoms with Gasteiger partial charge in [0.15, 0.2) is 5.17 Å². The van der Waals surface area contributed by atoms with E-state index in [0.717, 1.165) is 16.6 Å². The number of thiophene rings is 1. The Hall–Kier alpha value is -2.91. The Morgan fingerprint density at radius 3 is 2.59 bits per heavy atom. The molecule has 29 heavy (non-hydrogen) atoms. The summed E-state index contributed by atoms with van der Waals surface area (Å²) in [5, 5.41) is 2.38. The highest BCUT2D eigenvalue weighted by atomic mass is 32.2. The summed E-state index contributed by atoms with van der Waals surface area (Å²) in [6.07, 6.45) is 1.17. The maximum atomic E-state index is 12.8. The predicted octanol–water partition coefficient (Wildman–Crippen LogP) is 3.74. The van der Waals surface area contributed by atoms with Crippen LogP contribution in [0.2, 0.25) is 0 Å². The van der Waals surface area contributed by atoms with Gasteiger partial charge in [0.1, 0.15) is 0 Å². The van der Waals surface area contributed by atoms with Crippen LogP contribution in [-0.2, 0) is 25.6 Å². The van der Waals surface area contributed by atoms with Gasteiger partial charge in [0.2, 0.25) is 0 Å². The maximum Gasteiger partial charge on any atom is 0.338 e. The lowest BCUT2D eigenvalue weighted by atomic mass is 10.2. The zero-order chi connectivity index (χ0) is 20.8. The maximum absolute atomic E-state index is 12.8. The van der Waals surface area contributed by atoms with Crippen LogP contribution in [0.4, 0.5) is 5.69 Å². The van der Waals surface area contributed by atoms with Crippen LogP contribution >= 0.6 is 23.1 Å². The van der Waals surface area contributed by atoms with Crippen molar-refractivity contribution >= 4 is 51.8 Å². The van der Waals surface area contributed by atoms with Gasteiger partial charge in [0, 0.05) is 11.0 Å². The molecule has 0 spiro atoms. The minimum absolute atomic E-state index is 0.246. The number of amides is 1. The van der Waals surface area contributed by atoms with Gasteiger partial charge in [-0.25, -0.2) is 14.6 Å². The first kappa shape index (κ1) is 20.8. The fraction of sp³-hybridized carbons (Fsp3) is 0.200. The number of benzene rings is 1. The Morgan fingerprint density at radius 2 is 1.97 bits per heavy atom. The van der Waals surface area contributed by atoms with Crippen molar-refractivity contribution in [3.63, 3.8) is 0 Å². The van der Waals surface area contributed by atoms with Gasteiger partial charge in [-0.05, 0) is 54.4 Å². The number of aliphatic imine (C=N–C) groups is 1. The van der Waals surface area contributed by atoms with Gasteiger partial charge >= 0.3 is 11.9 Å². The summed E-state index contributed by atoms with van der Waals surface area (Å²) >= 11 is 2.63. The fourth-order valence-corrected chi connectivity index (χ4v) is 4.10. The molecule has 1 saturated heterocycles. The van der Waals surface area contributed by atoms with Crippen molar-refractivity contribution in [2.24, 2.45) is 4.99 Å². The van der Waals surface area contributed by atoms with Crippen LogP contribution < -0.4 is 0 Å². The molecule has 1 aliphatic rings. The topological polar surface area (TPSA) is 85.3 Å². The molecule has 1 aliphatic heterocycles. The van der Waals surface area contributed by atoms with Gasteiger partial charge in [0.05, 0.1) is 36.4 Å². The molecule has 0 unspecified atom stereocenters. The number of nitrogens with zero attached hydrogens (tertiary/aromatic N) is 2. The first-order chi connectivity index (χ1) is 14.0. The first-order valence-electron chi connectivity index (χ1n) is 8.69. The molecular formula is C20H18N2O5S2. The summed E-state index contributed by atoms with van der Waals surface area (Å²) in [6, 6.07) is 10.4. The second kappa shape index (κ2) is 9.53. The van der Waals surface area contributed by atoms with Gasteiger partial charge in [0.25, 0.3) is 5.91 Å². The highest BCUT2D eigenvalue weighted by Gasteiger charge is 2.34. The molecule has 1 amide bonds. The van der Waals surface area contributed by atoms with E-state index in [1.807, 2.05) is 17.5 Å². The van der Waals surface area contributed by atoms with Crippen molar-refractivity contribution in [1.29, 1.82) is 0 Å². The van der Waals surface area contributed by atoms with Crippen LogP contribution in [0.3, 0.4) is 0 Å². The molecule has 0 radical (unpaired) electrons. The predicted molar refractivity (Wildman–Crippen MR) is 112 cm³/mol. The Morgan fingerprint density at radius 1 is 1.21 bits per heavy atom. The number of rotatable bonds is 6. The second-order valence-corrected chi connectivity index (χ2v) is 7.81. The molecule has 0 bridgehead atoms. The van der Waals surface area contributed by atoms with Crippen molar-refractivity contribution in [1.82, 2.24) is 4.90 Å². The van der Waals surface area contributed by atoms with E-state index in [1.165, 1.54) is 29.4 Å². The van der Waals surface area contributed by atoms with Crippen LogP contribution in [0.25, 0.3) is 0 Å². The number of esters is 2. The van der Waals surface area contributed by atoms with E-state index in [2.05, 4.69) is 9.73 Å². The van der Waals surface area contributed by atoms with Crippen molar-refractivity contribution in [2.75, 3.05) is 13.7 Å². The van der Waals surface area contributed by atoms with Gasteiger partial charge in [-0.2, -0.15) is 0 Å². The minimum atomic E-state index is -0.600. The van der Waals surface area contributed by atoms with Crippen LogP contribution in [0.15, 0.2) is 57.8 Å². The molecule has 0 atom stereocenters. The lowest BCUT2D eigenvalue weighted by molar-refractivity contribution is -0.135. The van der Waals surface area contributed by atoms with Crippen molar-refractivity contribution in [2.45, 2.75) is 13.5 Å². The number of methoxy groups -OCH3 is 1. The standard InChI is InChI=1S/C20H18N2O5S2/c1-3-27-19(25)13-6-8-14(9-7-13)21-20-22(12-15-5-4-10-28-15)18(24)16(29-20)11-17(23)26-2/h4-11H,3,12H2,1-2H3. The van der Waals surface area contributed by atoms with Crippen molar-refractivity contribution < 1.29 is 23.9 Å². The zero-order valence-electron chi connectivity index (χ0n) is 15.8. The summed E-state index contributed by atoms with van der Waals surface area (Å²) in [6.45, 7) is 2.39. The molecule has 2 aromatic rings. The van der Waals surface area contributed by atoms with Gasteiger partial charge in [-0.15, -0.1) is 11.3 Å². The molecule has 0 saturated carbocycles. The monoisotopic (exact) mass is 430 g/mol. The lowest BCUT2D eigenvalue weighted by Crippen LogP contribution is -2.28. The quantitative estimate of drug-likeness (QED) is 0.513. The Labute approximate surface area is 176 Å². The number of carbonyl (C=O) groups excluding carboxylic acids is 3. The number of carbonyl (C=O) groups is 3. The van der Waals surface area contributed by atoms with E-state index in [1.54, 1.807) is 31.2 Å². The first-order valence-corrected chi connectivity index (χ1v) is 10.4. The number of thioether (sulfide) groups is 1. The summed E-state index contributed by atoms with van der Waals surface area (Å²) < 4.78 is 9.60. The molecule has 1 aromatic heterocycles. The van der Waals surface area contributed by atoms with E-state index < -0.39 is 11.9 Å². The van der Waals surface area contributed by atoms with Crippen molar-refractivity contribution in [3.05, 3.63) is 63.2 Å². The smallest absolute Gasteiger partial charge is 0.338 e. The lowest BCUT2D eigenvalue weighted by Gasteiger charge is -2.14. The zero-order valence-corrected chi connectivity index (χ0v) is 17.4. The van der Waals surface area contributed by atoms with Crippen LogP contribution in [0, 0.1) is 0 Å². The molecule has 9 heteroatoms. The van der Waals surface area contributed by atoms with E-state index >= 15 is 0 Å². The average Bonchev–Trinajstić information content (AvgIpc) is 3.33. The third-order valence-electron chi connectivity index (χ3n) is 3.84. The SMILES string of the molecule is CCOC(=O)c1ccc(N=C2SC(=CC(=O)OC)C(=O)N2Cc2cccs2)cc1. The number of ether oxygens (including phenoxy) is 2. The van der Waals surface area contributed by atoms with Crippen LogP contribution in [0.5, 0.6) is 0 Å². The molecule has 0 N–H and O–H groups in total. The minimum Gasteiger partial charge on any atom is -0.466 e. The van der Waals surface area contributed by atoms with Crippen molar-refractivity contribution in [3.8, 4) is 0 Å². The molecule has 2 heterocycles. The molecule has 1 fully saturated rings. The molecule has 1 aromatic carbocycles. The van der Waals surface area contributed by atoms with Gasteiger partial charge in [-0.1, -0.05) is 6.07 Å². The van der Waals surface area contributed by atoms with Crippen LogP contribution in [-0.4, -0.2) is 41.6 Å². The number of hydrogen-bond acceptors (Lipinski definition) is 8. The number of hydrogen-bond donors (Lipinski definition) is 0. The van der Waals surface area contributed by atoms with E-state index in [-0.39, 0.29) is 10.8 Å². The largest absolute Gasteiger partial charge is 0.466 e. The summed E-state index contributed by atoms with van der Waals surface area (Å²) in [4.78, 5) is 43.5. The van der Waals surface area contributed by atoms with Gasteiger partial charge in [-0.3, -0.25) is 9.69 Å². The molecule has 0 aliphatic carbocycles. The second-order valence-electron chi connectivity index (χ2n) is 5.77. The molecular weight excluding hydrogens is 412 g/mol. The third kappa shape index (κ3) is 5.12. The molecule has 150 valence electrons. The van der Waals surface area contributed by atoms with E-state index in [4.69, 9.17) is 4.74 Å². The number of amidine groups is 1. The highest BCUT2D eigenvalue weighted by Crippen LogP contribution is 2.34. The van der Waals surface area contributed by atoms with Gasteiger partial charge < -0.3 is 9.47 Å². The Balaban J connectivity index is 1.89. The normalized spacial score (nSPS) is 16.5. The summed E-state index contributed by atoms with van der Waals surface area (Å²) in [5.74, 6) is -1.31. The Kier molecular flexibility index (Phi) is 6.84. The molecule has 3 rings (SSSR count). The summed E-state index contributed by atoms with van der Waals surface area (Å²) in [7, 11) is 1.26. The van der Waals surface area contributed by atoms with E-state index in [9.17, 15) is 14.4 Å². The third-order valence-corrected chi connectivity index (χ3v) is 5.70. The summed E-state index contributed by atoms with van der Waals surface area (Å²) in [5.41, 5.74) is 0.997. The Bertz CT molecular complexity index is 965. The van der Waals surface area contributed by atoms with Crippen LogP contribution in [0.1, 0.15) is 22.2 Å². The fourth-order valence-electron chi connectivity index (χ4n) is 2.45. The molecule has 7 nitrogen and oxygen atoms in total. The highest BCUT2D eigenvalue weighted by molar-refractivity contribution is 8.18. The van der Waals surface area contributed by atoms with E-state index in [0.29, 0.717) is 29.6 Å².